The van der Waals surface area contributed by atoms with Crippen LogP contribution < -0.4 is 0 Å². The molecule has 1 heterocycles. The quantitative estimate of drug-likeness (QED) is 0.902. The molecule has 1 aromatic heterocycles. The Kier molecular flexibility index (Phi) is 4.34. The maximum atomic E-state index is 10.7. The summed E-state index contributed by atoms with van der Waals surface area (Å²) in [5.41, 5.74) is 0.501. The van der Waals surface area contributed by atoms with E-state index in [1.165, 1.54) is 0 Å². The molecule has 0 atom stereocenters. The molecular formula is C16H28N2O. The van der Waals surface area contributed by atoms with Gasteiger partial charge >= 0.3 is 0 Å². The molecule has 19 heavy (non-hydrogen) atoms. The Morgan fingerprint density at radius 3 is 2.42 bits per heavy atom. The van der Waals surface area contributed by atoms with Crippen LogP contribution in [0.3, 0.4) is 0 Å². The number of hydrogen-bond donors (Lipinski definition) is 1. The Morgan fingerprint density at radius 1 is 1.32 bits per heavy atom. The lowest BCUT2D eigenvalue weighted by Gasteiger charge is -2.37. The van der Waals surface area contributed by atoms with Crippen molar-refractivity contribution in [3.05, 3.63) is 18.0 Å². The molecule has 0 amide bonds. The minimum Gasteiger partial charge on any atom is -0.389 e. The molecule has 0 unspecified atom stereocenters. The fourth-order valence-corrected chi connectivity index (χ4v) is 3.12. The van der Waals surface area contributed by atoms with E-state index < -0.39 is 5.60 Å². The second kappa shape index (κ2) is 5.66. The molecule has 0 radical (unpaired) electrons. The lowest BCUT2D eigenvalue weighted by molar-refractivity contribution is -0.0154. The Morgan fingerprint density at radius 2 is 1.95 bits per heavy atom. The Balaban J connectivity index is 1.95. The Hall–Kier alpha value is -0.830. The molecule has 2 rings (SSSR count). The highest BCUT2D eigenvalue weighted by molar-refractivity contribution is 5.05. The molecular weight excluding hydrogens is 236 g/mol. The first kappa shape index (κ1) is 14.6. The maximum Gasteiger partial charge on any atom is 0.0703 e. The van der Waals surface area contributed by atoms with Gasteiger partial charge in [-0.15, -0.1) is 0 Å². The van der Waals surface area contributed by atoms with E-state index in [1.807, 2.05) is 16.9 Å². The van der Waals surface area contributed by atoms with Gasteiger partial charge in [-0.2, -0.15) is 5.10 Å². The summed E-state index contributed by atoms with van der Waals surface area (Å²) in [6, 6.07) is 2.44. The van der Waals surface area contributed by atoms with Gasteiger partial charge < -0.3 is 5.11 Å². The van der Waals surface area contributed by atoms with E-state index in [2.05, 4.69) is 32.8 Å². The number of nitrogens with zero attached hydrogens (tertiary/aromatic N) is 2. The number of aliphatic hydroxyl groups is 1. The van der Waals surface area contributed by atoms with Gasteiger partial charge in [0, 0.05) is 18.7 Å². The van der Waals surface area contributed by atoms with Crippen LogP contribution >= 0.6 is 0 Å². The molecule has 0 aliphatic heterocycles. The van der Waals surface area contributed by atoms with Crippen molar-refractivity contribution in [1.82, 2.24) is 9.78 Å². The number of hydrogen-bond acceptors (Lipinski definition) is 2. The Bertz CT molecular complexity index is 401. The fourth-order valence-electron chi connectivity index (χ4n) is 3.12. The fraction of sp³-hybridized carbons (Fsp3) is 0.812. The molecule has 1 aliphatic carbocycles. The molecule has 1 saturated carbocycles. The van der Waals surface area contributed by atoms with Gasteiger partial charge in [-0.3, -0.25) is 4.68 Å². The van der Waals surface area contributed by atoms with Gasteiger partial charge in [0.1, 0.15) is 0 Å². The van der Waals surface area contributed by atoms with Gasteiger partial charge in [-0.1, -0.05) is 13.8 Å². The highest BCUT2D eigenvalue weighted by Gasteiger charge is 2.34. The summed E-state index contributed by atoms with van der Waals surface area (Å²) in [5, 5.41) is 15.3. The molecule has 1 N–H and O–H groups in total. The lowest BCUT2D eigenvalue weighted by atomic mass is 9.73. The highest BCUT2D eigenvalue weighted by atomic mass is 16.3. The van der Waals surface area contributed by atoms with Gasteiger partial charge in [0.25, 0.3) is 0 Å². The molecule has 1 aromatic rings. The van der Waals surface area contributed by atoms with E-state index in [9.17, 15) is 5.11 Å². The molecule has 1 aliphatic rings. The largest absolute Gasteiger partial charge is 0.389 e. The average molecular weight is 264 g/mol. The van der Waals surface area contributed by atoms with Crippen LogP contribution in [0.1, 0.15) is 65.1 Å². The van der Waals surface area contributed by atoms with Crippen molar-refractivity contribution in [2.24, 2.45) is 11.8 Å². The van der Waals surface area contributed by atoms with E-state index in [0.29, 0.717) is 12.5 Å². The molecule has 0 saturated heterocycles. The minimum absolute atomic E-state index is 0.389. The number of aromatic nitrogens is 2. The van der Waals surface area contributed by atoms with Crippen LogP contribution in [0.5, 0.6) is 0 Å². The third-order valence-electron chi connectivity index (χ3n) is 4.61. The summed E-state index contributed by atoms with van der Waals surface area (Å²) >= 11 is 0. The van der Waals surface area contributed by atoms with Gasteiger partial charge in [-0.25, -0.2) is 0 Å². The monoisotopic (exact) mass is 264 g/mol. The molecule has 3 nitrogen and oxygen atoms in total. The maximum absolute atomic E-state index is 10.7. The lowest BCUT2D eigenvalue weighted by Crippen LogP contribution is -2.37. The van der Waals surface area contributed by atoms with Crippen molar-refractivity contribution in [2.75, 3.05) is 0 Å². The van der Waals surface area contributed by atoms with E-state index in [4.69, 9.17) is 0 Å². The first-order chi connectivity index (χ1) is 8.89. The third-order valence-corrected chi connectivity index (χ3v) is 4.61. The van der Waals surface area contributed by atoms with E-state index in [0.717, 1.165) is 43.2 Å². The summed E-state index contributed by atoms with van der Waals surface area (Å²) in [6.45, 7) is 8.83. The van der Waals surface area contributed by atoms with Crippen LogP contribution in [0.4, 0.5) is 0 Å². The van der Waals surface area contributed by atoms with Crippen LogP contribution in [0, 0.1) is 11.8 Å². The normalized spacial score (nSPS) is 28.3. The zero-order valence-corrected chi connectivity index (χ0v) is 12.8. The van der Waals surface area contributed by atoms with Crippen LogP contribution in [-0.4, -0.2) is 20.5 Å². The standard InChI is InChI=1S/C16H28N2O/c1-12(2)14-5-8-16(19,9-6-14)11-15-7-10-18(17-15)13(3)4/h7,10,12-14,19H,5-6,8-9,11H2,1-4H3. The van der Waals surface area contributed by atoms with Crippen molar-refractivity contribution in [1.29, 1.82) is 0 Å². The molecule has 3 heteroatoms. The smallest absolute Gasteiger partial charge is 0.0703 e. The van der Waals surface area contributed by atoms with Gasteiger partial charge in [0.2, 0.25) is 0 Å². The van der Waals surface area contributed by atoms with Crippen LogP contribution in [0.15, 0.2) is 12.3 Å². The van der Waals surface area contributed by atoms with Crippen molar-refractivity contribution in [2.45, 2.75) is 71.4 Å². The minimum atomic E-state index is -0.526. The topological polar surface area (TPSA) is 38.0 Å². The number of rotatable bonds is 4. The van der Waals surface area contributed by atoms with E-state index in [1.54, 1.807) is 0 Å². The molecule has 108 valence electrons. The average Bonchev–Trinajstić information content (AvgIpc) is 2.77. The second-order valence-corrected chi connectivity index (χ2v) is 6.86. The predicted molar refractivity (Wildman–Crippen MR) is 78.1 cm³/mol. The third kappa shape index (κ3) is 3.59. The van der Waals surface area contributed by atoms with Gasteiger partial charge in [0.15, 0.2) is 0 Å². The van der Waals surface area contributed by atoms with Crippen molar-refractivity contribution in [3.8, 4) is 0 Å². The first-order valence-corrected chi connectivity index (χ1v) is 7.66. The molecule has 0 bridgehead atoms. The van der Waals surface area contributed by atoms with Gasteiger partial charge in [0.05, 0.1) is 11.3 Å². The molecule has 0 aromatic carbocycles. The zero-order chi connectivity index (χ0) is 14.0. The van der Waals surface area contributed by atoms with Crippen LogP contribution in [-0.2, 0) is 6.42 Å². The summed E-state index contributed by atoms with van der Waals surface area (Å²) in [5.74, 6) is 1.53. The highest BCUT2D eigenvalue weighted by Crippen LogP contribution is 2.37. The van der Waals surface area contributed by atoms with E-state index >= 15 is 0 Å². The van der Waals surface area contributed by atoms with Crippen molar-refractivity contribution < 1.29 is 5.11 Å². The summed E-state index contributed by atoms with van der Waals surface area (Å²) in [6.07, 6.45) is 6.87. The van der Waals surface area contributed by atoms with Crippen LogP contribution in [0.25, 0.3) is 0 Å². The molecule has 0 spiro atoms. The summed E-state index contributed by atoms with van der Waals surface area (Å²) in [7, 11) is 0. The van der Waals surface area contributed by atoms with Crippen molar-refractivity contribution >= 4 is 0 Å². The summed E-state index contributed by atoms with van der Waals surface area (Å²) in [4.78, 5) is 0. The SMILES string of the molecule is CC(C)C1CCC(O)(Cc2ccn(C(C)C)n2)CC1. The van der Waals surface area contributed by atoms with Crippen LogP contribution in [0.2, 0.25) is 0 Å². The van der Waals surface area contributed by atoms with E-state index in [-0.39, 0.29) is 0 Å². The molecule has 1 fully saturated rings. The predicted octanol–water partition coefficient (Wildman–Crippen LogP) is 3.58. The summed E-state index contributed by atoms with van der Waals surface area (Å²) < 4.78 is 1.97. The zero-order valence-electron chi connectivity index (χ0n) is 12.8. The van der Waals surface area contributed by atoms with Gasteiger partial charge in [-0.05, 0) is 57.4 Å². The first-order valence-electron chi connectivity index (χ1n) is 7.66. The second-order valence-electron chi connectivity index (χ2n) is 6.86. The Labute approximate surface area is 117 Å². The van der Waals surface area contributed by atoms with Crippen molar-refractivity contribution in [3.63, 3.8) is 0 Å².